The fourth-order valence-corrected chi connectivity index (χ4v) is 2.11. The third-order valence-electron chi connectivity index (χ3n) is 3.15. The summed E-state index contributed by atoms with van der Waals surface area (Å²) < 4.78 is 0. The van der Waals surface area contributed by atoms with E-state index in [1.807, 2.05) is 36.4 Å². The van der Waals surface area contributed by atoms with E-state index in [0.29, 0.717) is 17.7 Å². The molecule has 4 nitrogen and oxygen atoms in total. The summed E-state index contributed by atoms with van der Waals surface area (Å²) in [6, 6.07) is 18.3. The topological polar surface area (TPSA) is 64.3 Å². The highest BCUT2D eigenvalue weighted by molar-refractivity contribution is 5.96. The number of carbonyl (C=O) groups is 1. The van der Waals surface area contributed by atoms with Crippen LogP contribution in [0.3, 0.4) is 0 Å². The van der Waals surface area contributed by atoms with Crippen LogP contribution in [0.25, 0.3) is 0 Å². The van der Waals surface area contributed by atoms with Gasteiger partial charge in [-0.3, -0.25) is 4.79 Å². The fourth-order valence-electron chi connectivity index (χ4n) is 2.11. The van der Waals surface area contributed by atoms with Gasteiger partial charge in [0.05, 0.1) is 23.8 Å². The quantitative estimate of drug-likeness (QED) is 0.913. The summed E-state index contributed by atoms with van der Waals surface area (Å²) >= 11 is 0. The molecule has 0 aliphatic heterocycles. The van der Waals surface area contributed by atoms with Crippen LogP contribution in [0, 0.1) is 11.3 Å². The highest BCUT2D eigenvalue weighted by Crippen LogP contribution is 2.13. The molecular weight excluding hydrogens is 264 g/mol. The van der Waals surface area contributed by atoms with Gasteiger partial charge in [0, 0.05) is 13.1 Å². The fraction of sp³-hybridized carbons (Fsp3) is 0.176. The molecule has 0 aliphatic rings. The van der Waals surface area contributed by atoms with Crippen LogP contribution in [-0.2, 0) is 6.54 Å². The van der Waals surface area contributed by atoms with Gasteiger partial charge in [-0.25, -0.2) is 0 Å². The van der Waals surface area contributed by atoms with E-state index in [-0.39, 0.29) is 19.1 Å². The number of rotatable bonds is 5. The van der Waals surface area contributed by atoms with Crippen LogP contribution in [-0.4, -0.2) is 29.1 Å². The molecule has 0 radical (unpaired) electrons. The molecule has 2 aromatic rings. The number of hydrogen-bond donors (Lipinski definition) is 1. The van der Waals surface area contributed by atoms with Crippen molar-refractivity contribution in [2.45, 2.75) is 6.54 Å². The summed E-state index contributed by atoms with van der Waals surface area (Å²) in [6.07, 6.45) is 0. The third kappa shape index (κ3) is 3.68. The van der Waals surface area contributed by atoms with E-state index in [0.717, 1.165) is 5.56 Å². The van der Waals surface area contributed by atoms with Crippen LogP contribution in [0.5, 0.6) is 0 Å². The molecule has 0 saturated heterocycles. The van der Waals surface area contributed by atoms with Crippen molar-refractivity contribution >= 4 is 5.91 Å². The van der Waals surface area contributed by atoms with E-state index in [9.17, 15) is 9.90 Å². The lowest BCUT2D eigenvalue weighted by atomic mass is 10.1. The molecule has 0 heterocycles. The van der Waals surface area contributed by atoms with Crippen LogP contribution in [0.15, 0.2) is 54.6 Å². The Hall–Kier alpha value is -2.64. The van der Waals surface area contributed by atoms with Crippen molar-refractivity contribution in [3.05, 3.63) is 71.3 Å². The zero-order valence-corrected chi connectivity index (χ0v) is 11.6. The maximum atomic E-state index is 12.6. The molecule has 0 spiro atoms. The highest BCUT2D eigenvalue weighted by Gasteiger charge is 2.18. The maximum absolute atomic E-state index is 12.6. The number of nitrogens with zero attached hydrogens (tertiary/aromatic N) is 2. The molecule has 0 bridgehead atoms. The molecule has 2 aromatic carbocycles. The number of aliphatic hydroxyl groups is 1. The first-order valence-electron chi connectivity index (χ1n) is 6.69. The first-order chi connectivity index (χ1) is 10.3. The van der Waals surface area contributed by atoms with Gasteiger partial charge in [0.2, 0.25) is 0 Å². The lowest BCUT2D eigenvalue weighted by molar-refractivity contribution is 0.0707. The minimum atomic E-state index is -0.245. The summed E-state index contributed by atoms with van der Waals surface area (Å²) in [6.45, 7) is 0.515. The lowest BCUT2D eigenvalue weighted by Crippen LogP contribution is -2.33. The first-order valence-corrected chi connectivity index (χ1v) is 6.69. The Morgan fingerprint density at radius 2 is 1.76 bits per heavy atom. The Bertz CT molecular complexity index is 647. The number of nitriles is 1. The largest absolute Gasteiger partial charge is 0.395 e. The summed E-state index contributed by atoms with van der Waals surface area (Å²) in [5.41, 5.74) is 1.69. The van der Waals surface area contributed by atoms with Gasteiger partial charge in [-0.05, 0) is 17.7 Å². The zero-order valence-electron chi connectivity index (χ0n) is 11.6. The average Bonchev–Trinajstić information content (AvgIpc) is 2.54. The standard InChI is InChI=1S/C17H16N2O2/c18-12-15-8-4-5-9-16(15)17(21)19(10-11-20)13-14-6-2-1-3-7-14/h1-9,20H,10-11,13H2. The Labute approximate surface area is 123 Å². The van der Waals surface area contributed by atoms with Crippen molar-refractivity contribution in [3.63, 3.8) is 0 Å². The second-order valence-electron chi connectivity index (χ2n) is 4.59. The van der Waals surface area contributed by atoms with E-state index >= 15 is 0 Å². The predicted molar refractivity (Wildman–Crippen MR) is 79.4 cm³/mol. The number of amides is 1. The molecule has 1 amide bonds. The van der Waals surface area contributed by atoms with Crippen molar-refractivity contribution < 1.29 is 9.90 Å². The van der Waals surface area contributed by atoms with Gasteiger partial charge in [0.25, 0.3) is 5.91 Å². The molecule has 0 unspecified atom stereocenters. The SMILES string of the molecule is N#Cc1ccccc1C(=O)N(CCO)Cc1ccccc1. The van der Waals surface area contributed by atoms with E-state index in [1.54, 1.807) is 29.2 Å². The van der Waals surface area contributed by atoms with Gasteiger partial charge in [0.1, 0.15) is 0 Å². The van der Waals surface area contributed by atoms with Gasteiger partial charge in [-0.2, -0.15) is 5.26 Å². The van der Waals surface area contributed by atoms with Crippen molar-refractivity contribution in [2.75, 3.05) is 13.2 Å². The Balaban J connectivity index is 2.25. The Morgan fingerprint density at radius 1 is 1.10 bits per heavy atom. The highest BCUT2D eigenvalue weighted by atomic mass is 16.3. The van der Waals surface area contributed by atoms with Gasteiger partial charge in [-0.1, -0.05) is 42.5 Å². The van der Waals surface area contributed by atoms with Crippen LogP contribution in [0.1, 0.15) is 21.5 Å². The smallest absolute Gasteiger partial charge is 0.255 e. The van der Waals surface area contributed by atoms with Crippen molar-refractivity contribution in [1.82, 2.24) is 4.90 Å². The molecule has 0 fully saturated rings. The molecule has 0 saturated carbocycles. The van der Waals surface area contributed by atoms with E-state index in [4.69, 9.17) is 5.26 Å². The van der Waals surface area contributed by atoms with E-state index in [1.165, 1.54) is 0 Å². The van der Waals surface area contributed by atoms with Crippen LogP contribution >= 0.6 is 0 Å². The Kier molecular flexibility index (Phi) is 5.08. The average molecular weight is 280 g/mol. The minimum absolute atomic E-state index is 0.118. The van der Waals surface area contributed by atoms with Crippen molar-refractivity contribution in [2.24, 2.45) is 0 Å². The third-order valence-corrected chi connectivity index (χ3v) is 3.15. The first kappa shape index (κ1) is 14.8. The van der Waals surface area contributed by atoms with Crippen LogP contribution in [0.4, 0.5) is 0 Å². The molecule has 21 heavy (non-hydrogen) atoms. The van der Waals surface area contributed by atoms with E-state index < -0.39 is 0 Å². The molecule has 4 heteroatoms. The molecule has 0 atom stereocenters. The van der Waals surface area contributed by atoms with Gasteiger partial charge >= 0.3 is 0 Å². The Morgan fingerprint density at radius 3 is 2.43 bits per heavy atom. The second kappa shape index (κ2) is 7.22. The molecule has 1 N–H and O–H groups in total. The van der Waals surface area contributed by atoms with Crippen molar-refractivity contribution in [1.29, 1.82) is 5.26 Å². The lowest BCUT2D eigenvalue weighted by Gasteiger charge is -2.22. The predicted octanol–water partition coefficient (Wildman–Crippen LogP) is 2.19. The molecule has 106 valence electrons. The van der Waals surface area contributed by atoms with Gasteiger partial charge in [0.15, 0.2) is 0 Å². The van der Waals surface area contributed by atoms with Gasteiger partial charge in [-0.15, -0.1) is 0 Å². The number of hydrogen-bond acceptors (Lipinski definition) is 3. The van der Waals surface area contributed by atoms with Crippen molar-refractivity contribution in [3.8, 4) is 6.07 Å². The summed E-state index contributed by atoms with van der Waals surface area (Å²) in [7, 11) is 0. The molecular formula is C17H16N2O2. The zero-order chi connectivity index (χ0) is 15.1. The summed E-state index contributed by atoms with van der Waals surface area (Å²) in [5, 5.41) is 18.3. The molecule has 2 rings (SSSR count). The minimum Gasteiger partial charge on any atom is -0.395 e. The second-order valence-corrected chi connectivity index (χ2v) is 4.59. The van der Waals surface area contributed by atoms with Gasteiger partial charge < -0.3 is 10.0 Å². The maximum Gasteiger partial charge on any atom is 0.255 e. The monoisotopic (exact) mass is 280 g/mol. The molecule has 0 aliphatic carbocycles. The number of carbonyl (C=O) groups excluding carboxylic acids is 1. The summed E-state index contributed by atoms with van der Waals surface area (Å²) in [4.78, 5) is 14.1. The molecule has 0 aromatic heterocycles. The van der Waals surface area contributed by atoms with Crippen LogP contribution < -0.4 is 0 Å². The summed E-state index contributed by atoms with van der Waals surface area (Å²) in [5.74, 6) is -0.245. The van der Waals surface area contributed by atoms with E-state index in [2.05, 4.69) is 0 Å². The van der Waals surface area contributed by atoms with Crippen LogP contribution in [0.2, 0.25) is 0 Å². The normalized spacial score (nSPS) is 9.90. The number of aliphatic hydroxyl groups excluding tert-OH is 1. The number of benzene rings is 2.